The molecule has 1 fully saturated rings. The molecule has 6 nitrogen and oxygen atoms in total. The molecular weight excluding hydrogens is 772 g/mol. The first-order valence-electron chi connectivity index (χ1n) is 20.5. The van der Waals surface area contributed by atoms with E-state index in [2.05, 4.69) is 52.0 Å². The van der Waals surface area contributed by atoms with Crippen molar-refractivity contribution in [3.63, 3.8) is 0 Å². The zero-order valence-corrected chi connectivity index (χ0v) is 45.4. The molecule has 2 atom stereocenters. The number of rotatable bonds is 0. The van der Waals surface area contributed by atoms with E-state index in [0.29, 0.717) is 12.2 Å². The Kier molecular flexibility index (Phi) is 241. The SMILES string of the molecule is C.C1=CCC=C1.CC.CC.CC.CC.CC.CC.CC.CC.CC.CC.CC1OC1C.F.O.O=c1ccocc1.[B].[H-].[K+].c1ccncc1.c1ccoc1.c1ccsc1. The van der Waals surface area contributed by atoms with Gasteiger partial charge in [0.15, 0.2) is 5.43 Å². The first-order chi connectivity index (χ1) is 26.2. The monoisotopic (exact) mass is 871 g/mol. The predicted molar refractivity (Wildman–Crippen MR) is 268 cm³/mol. The van der Waals surface area contributed by atoms with E-state index in [1.54, 1.807) is 36.3 Å². The Balaban J connectivity index is -0.0000000244. The van der Waals surface area contributed by atoms with Crippen molar-refractivity contribution in [1.82, 2.24) is 4.98 Å². The van der Waals surface area contributed by atoms with Crippen LogP contribution in [-0.4, -0.2) is 31.1 Å². The Morgan fingerprint density at radius 1 is 0.552 bits per heavy atom. The quantitative estimate of drug-likeness (QED) is 0.129. The van der Waals surface area contributed by atoms with Crippen LogP contribution < -0.4 is 56.8 Å². The summed E-state index contributed by atoms with van der Waals surface area (Å²) in [6.45, 7) is 44.1. The third kappa shape index (κ3) is 139. The summed E-state index contributed by atoms with van der Waals surface area (Å²) >= 11 is 1.71. The van der Waals surface area contributed by atoms with Gasteiger partial charge in [0.05, 0.1) is 37.3 Å². The van der Waals surface area contributed by atoms with Crippen molar-refractivity contribution in [1.29, 1.82) is 0 Å². The van der Waals surface area contributed by atoms with Crippen LogP contribution in [0.25, 0.3) is 0 Å². The van der Waals surface area contributed by atoms with Gasteiger partial charge in [-0.25, -0.2) is 0 Å². The minimum Gasteiger partial charge on any atom is -1.00 e. The standard InChI is InChI=1S/C5H5N.C5H4O2.C5H6.C4H8O.C4H4O.C4H4S.10C2H6.CH4.B.FH.K.H2O.H/c1-2-4-6-5-3-1;6-5-1-3-7-4-2-5;1-2-4-5-3-1;1-3-4(2)5-3;2*1-2-4-5-3-1;10*1-2;;;;;;/h1-5H;1-4H;1-4H,5H2;3-4H,1-2H3;2*1-4H;10*1-2H3;1H4;;1H;;1H2;/q;;;;;;;;;;;;;;;;;;;+1;;-1. The predicted octanol–water partition coefficient (Wildman–Crippen LogP) is 14.0. The Morgan fingerprint density at radius 2 is 0.845 bits per heavy atom. The Labute approximate surface area is 413 Å². The molecular formula is C48H99BFKNO5S. The molecule has 4 aromatic rings. The molecule has 3 radical (unpaired) electrons. The zero-order valence-electron chi connectivity index (χ0n) is 42.5. The molecule has 2 N–H and O–H groups in total. The van der Waals surface area contributed by atoms with Crippen LogP contribution in [0, 0.1) is 0 Å². The molecule has 0 aromatic carbocycles. The molecule has 0 bridgehead atoms. The summed E-state index contributed by atoms with van der Waals surface area (Å²) in [6.07, 6.45) is 20.1. The van der Waals surface area contributed by atoms with E-state index in [-0.39, 0.29) is 84.3 Å². The van der Waals surface area contributed by atoms with Gasteiger partial charge in [0.1, 0.15) is 0 Å². The van der Waals surface area contributed by atoms with Gasteiger partial charge in [-0.05, 0) is 55.3 Å². The van der Waals surface area contributed by atoms with Crippen LogP contribution in [0.5, 0.6) is 0 Å². The van der Waals surface area contributed by atoms with E-state index in [0.717, 1.165) is 6.42 Å². The number of hydrogen-bond donors (Lipinski definition) is 0. The smallest absolute Gasteiger partial charge is 1.00 e. The van der Waals surface area contributed by atoms with Gasteiger partial charge < -0.3 is 20.5 Å². The van der Waals surface area contributed by atoms with Gasteiger partial charge in [0.2, 0.25) is 0 Å². The van der Waals surface area contributed by atoms with E-state index in [1.807, 2.05) is 192 Å². The van der Waals surface area contributed by atoms with Crippen LogP contribution in [0.3, 0.4) is 0 Å². The number of nitrogens with zero attached hydrogens (tertiary/aromatic N) is 1. The minimum atomic E-state index is -0.0220. The molecule has 2 aliphatic rings. The summed E-state index contributed by atoms with van der Waals surface area (Å²) in [7, 11) is 0. The van der Waals surface area contributed by atoms with E-state index < -0.39 is 0 Å². The van der Waals surface area contributed by atoms with Crippen molar-refractivity contribution in [3.8, 4) is 0 Å². The van der Waals surface area contributed by atoms with Crippen molar-refractivity contribution in [2.45, 2.75) is 178 Å². The second kappa shape index (κ2) is 139. The van der Waals surface area contributed by atoms with Gasteiger partial charge in [-0.3, -0.25) is 14.5 Å². The normalized spacial score (nSPS) is 10.0. The maximum absolute atomic E-state index is 10.2. The maximum atomic E-state index is 10.2. The molecule has 2 unspecified atom stereocenters. The molecule has 0 amide bonds. The van der Waals surface area contributed by atoms with Crippen molar-refractivity contribution < 1.29 is 76.6 Å². The molecule has 58 heavy (non-hydrogen) atoms. The number of hydrogen-bond acceptors (Lipinski definition) is 6. The van der Waals surface area contributed by atoms with Crippen LogP contribution in [0.15, 0.2) is 141 Å². The fraction of sp³-hybridized carbons (Fsp3) is 0.542. The van der Waals surface area contributed by atoms with Crippen LogP contribution >= 0.6 is 11.3 Å². The number of epoxide rings is 1. The van der Waals surface area contributed by atoms with Gasteiger partial charge in [-0.2, -0.15) is 11.3 Å². The van der Waals surface area contributed by atoms with Crippen molar-refractivity contribution in [3.05, 3.63) is 137 Å². The molecule has 10 heteroatoms. The zero-order chi connectivity index (χ0) is 43.8. The number of pyridine rings is 1. The second-order valence-corrected chi connectivity index (χ2v) is 7.21. The fourth-order valence-corrected chi connectivity index (χ4v) is 2.22. The molecule has 0 spiro atoms. The summed E-state index contributed by atoms with van der Waals surface area (Å²) in [5.41, 5.74) is -0.0220. The number of aromatic nitrogens is 1. The minimum absolute atomic E-state index is 0. The average molecular weight is 871 g/mol. The molecule has 4 aromatic heterocycles. The Bertz CT molecular complexity index is 897. The van der Waals surface area contributed by atoms with Crippen LogP contribution in [0.4, 0.5) is 4.70 Å². The molecule has 6 rings (SSSR count). The van der Waals surface area contributed by atoms with Crippen LogP contribution in [-0.2, 0) is 4.74 Å². The summed E-state index contributed by atoms with van der Waals surface area (Å²) in [5.74, 6) is 0. The number of furan rings is 1. The van der Waals surface area contributed by atoms with Gasteiger partial charge >= 0.3 is 51.4 Å². The van der Waals surface area contributed by atoms with E-state index in [4.69, 9.17) is 4.74 Å². The van der Waals surface area contributed by atoms with Crippen molar-refractivity contribution in [2.75, 3.05) is 0 Å². The van der Waals surface area contributed by atoms with E-state index >= 15 is 0 Å². The maximum Gasteiger partial charge on any atom is 1.00 e. The second-order valence-electron chi connectivity index (χ2n) is 6.39. The average Bonchev–Trinajstić information content (AvgIpc) is 4.01. The van der Waals surface area contributed by atoms with E-state index in [1.165, 1.54) is 24.7 Å². The van der Waals surface area contributed by atoms with Gasteiger partial charge in [-0.15, -0.1) is 0 Å². The topological polar surface area (TPSA) is 100 Å². The first kappa shape index (κ1) is 101. The first-order valence-corrected chi connectivity index (χ1v) is 21.4. The number of allylic oxidation sites excluding steroid dienone is 4. The number of ether oxygens (including phenoxy) is 1. The largest absolute Gasteiger partial charge is 1.00 e. The third-order valence-electron chi connectivity index (χ3n) is 3.71. The summed E-state index contributed by atoms with van der Waals surface area (Å²) < 4.78 is 14.1. The summed E-state index contributed by atoms with van der Waals surface area (Å²) in [6, 6.07) is 16.1. The number of halogens is 1. The van der Waals surface area contributed by atoms with Crippen molar-refractivity contribution in [2.24, 2.45) is 0 Å². The Hall–Kier alpha value is -1.89. The Morgan fingerprint density at radius 3 is 0.948 bits per heavy atom. The van der Waals surface area contributed by atoms with Gasteiger partial charge in [0.25, 0.3) is 0 Å². The van der Waals surface area contributed by atoms with E-state index in [9.17, 15) is 4.79 Å². The summed E-state index contributed by atoms with van der Waals surface area (Å²) in [5, 5.41) is 4.08. The van der Waals surface area contributed by atoms with Gasteiger partial charge in [0, 0.05) is 32.9 Å². The molecule has 1 saturated heterocycles. The van der Waals surface area contributed by atoms with Crippen LogP contribution in [0.1, 0.15) is 168 Å². The summed E-state index contributed by atoms with van der Waals surface area (Å²) in [4.78, 5) is 14.0. The molecule has 1 aliphatic heterocycles. The fourth-order valence-electron chi connectivity index (χ4n) is 1.77. The third-order valence-corrected chi connectivity index (χ3v) is 4.34. The number of thiophene rings is 1. The molecule has 1 aliphatic carbocycles. The van der Waals surface area contributed by atoms with Crippen molar-refractivity contribution >= 4 is 19.7 Å². The van der Waals surface area contributed by atoms with Crippen LogP contribution in [0.2, 0.25) is 0 Å². The molecule has 5 heterocycles. The van der Waals surface area contributed by atoms with Gasteiger partial charge in [-0.1, -0.05) is 188 Å². The molecule has 343 valence electrons. The molecule has 0 saturated carbocycles.